The lowest BCUT2D eigenvalue weighted by Crippen LogP contribution is -2.30. The van der Waals surface area contributed by atoms with Gasteiger partial charge in [0, 0.05) is 11.8 Å². The number of aromatic nitrogens is 1. The zero-order valence-corrected chi connectivity index (χ0v) is 9.59. The zero-order valence-electron chi connectivity index (χ0n) is 9.59. The van der Waals surface area contributed by atoms with Crippen molar-refractivity contribution in [3.63, 3.8) is 0 Å². The van der Waals surface area contributed by atoms with E-state index in [-0.39, 0.29) is 6.04 Å². The number of rotatable bonds is 5. The first-order valence-corrected chi connectivity index (χ1v) is 5.31. The number of furan rings is 1. The maximum Gasteiger partial charge on any atom is 0.217 e. The Morgan fingerprint density at radius 3 is 3.06 bits per heavy atom. The van der Waals surface area contributed by atoms with Gasteiger partial charge >= 0.3 is 0 Å². The minimum absolute atomic E-state index is 0.0590. The Labute approximate surface area is 99.6 Å². The SMILES string of the molecule is COc1ncccc1C(Cc1ccoc1)NN. The molecule has 5 nitrogen and oxygen atoms in total. The Kier molecular flexibility index (Phi) is 3.74. The lowest BCUT2D eigenvalue weighted by molar-refractivity contribution is 0.382. The number of nitrogens with one attached hydrogen (secondary N) is 1. The fourth-order valence-corrected chi connectivity index (χ4v) is 1.74. The molecule has 2 rings (SSSR count). The van der Waals surface area contributed by atoms with E-state index in [2.05, 4.69) is 10.4 Å². The van der Waals surface area contributed by atoms with E-state index >= 15 is 0 Å². The number of hydrogen-bond donors (Lipinski definition) is 2. The number of ether oxygens (including phenoxy) is 1. The van der Waals surface area contributed by atoms with Crippen LogP contribution in [-0.2, 0) is 6.42 Å². The van der Waals surface area contributed by atoms with Crippen molar-refractivity contribution in [1.82, 2.24) is 10.4 Å². The van der Waals surface area contributed by atoms with Crippen LogP contribution in [0.4, 0.5) is 0 Å². The Morgan fingerprint density at radius 1 is 1.53 bits per heavy atom. The van der Waals surface area contributed by atoms with Crippen molar-refractivity contribution in [3.05, 3.63) is 48.0 Å². The highest BCUT2D eigenvalue weighted by atomic mass is 16.5. The summed E-state index contributed by atoms with van der Waals surface area (Å²) in [7, 11) is 1.59. The van der Waals surface area contributed by atoms with E-state index < -0.39 is 0 Å². The third-order valence-electron chi connectivity index (χ3n) is 2.59. The number of methoxy groups -OCH3 is 1. The molecular weight excluding hydrogens is 218 g/mol. The first-order chi connectivity index (χ1) is 8.35. The predicted octanol–water partition coefficient (Wildman–Crippen LogP) is 1.43. The molecule has 0 spiro atoms. The van der Waals surface area contributed by atoms with E-state index in [1.165, 1.54) is 0 Å². The van der Waals surface area contributed by atoms with Crippen molar-refractivity contribution >= 4 is 0 Å². The number of hydrogen-bond acceptors (Lipinski definition) is 5. The summed E-state index contributed by atoms with van der Waals surface area (Å²) in [6.45, 7) is 0. The van der Waals surface area contributed by atoms with E-state index in [9.17, 15) is 0 Å². The second kappa shape index (κ2) is 5.47. The van der Waals surface area contributed by atoms with Gasteiger partial charge in [-0.2, -0.15) is 0 Å². The van der Waals surface area contributed by atoms with E-state index in [4.69, 9.17) is 15.0 Å². The fourth-order valence-electron chi connectivity index (χ4n) is 1.74. The van der Waals surface area contributed by atoms with Crippen LogP contribution in [0.3, 0.4) is 0 Å². The van der Waals surface area contributed by atoms with Crippen LogP contribution >= 0.6 is 0 Å². The zero-order chi connectivity index (χ0) is 12.1. The molecule has 0 aliphatic rings. The van der Waals surface area contributed by atoms with E-state index in [0.29, 0.717) is 5.88 Å². The van der Waals surface area contributed by atoms with Gasteiger partial charge in [0.15, 0.2) is 0 Å². The minimum Gasteiger partial charge on any atom is -0.481 e. The lowest BCUT2D eigenvalue weighted by Gasteiger charge is -2.17. The molecule has 0 fully saturated rings. The molecule has 0 amide bonds. The highest BCUT2D eigenvalue weighted by Crippen LogP contribution is 2.24. The van der Waals surface area contributed by atoms with Crippen LogP contribution in [0.25, 0.3) is 0 Å². The highest BCUT2D eigenvalue weighted by molar-refractivity contribution is 5.30. The van der Waals surface area contributed by atoms with Crippen LogP contribution in [0.1, 0.15) is 17.2 Å². The molecule has 90 valence electrons. The molecule has 0 bridgehead atoms. The van der Waals surface area contributed by atoms with Crippen molar-refractivity contribution < 1.29 is 9.15 Å². The molecule has 0 radical (unpaired) electrons. The molecular formula is C12H15N3O2. The first-order valence-electron chi connectivity index (χ1n) is 5.31. The van der Waals surface area contributed by atoms with Crippen LogP contribution in [0.2, 0.25) is 0 Å². The lowest BCUT2D eigenvalue weighted by atomic mass is 10.0. The van der Waals surface area contributed by atoms with E-state index in [1.807, 2.05) is 18.2 Å². The van der Waals surface area contributed by atoms with Crippen LogP contribution in [0, 0.1) is 0 Å². The second-order valence-corrected chi connectivity index (χ2v) is 3.66. The summed E-state index contributed by atoms with van der Waals surface area (Å²) < 4.78 is 10.3. The number of hydrazine groups is 1. The summed E-state index contributed by atoms with van der Waals surface area (Å²) in [5, 5.41) is 0. The van der Waals surface area contributed by atoms with Crippen molar-refractivity contribution in [2.75, 3.05) is 7.11 Å². The Balaban J connectivity index is 2.22. The molecule has 0 aromatic carbocycles. The summed E-state index contributed by atoms with van der Waals surface area (Å²) >= 11 is 0. The minimum atomic E-state index is -0.0590. The molecule has 5 heteroatoms. The summed E-state index contributed by atoms with van der Waals surface area (Å²) in [6, 6.07) is 5.65. The van der Waals surface area contributed by atoms with Gasteiger partial charge in [-0.25, -0.2) is 4.98 Å². The summed E-state index contributed by atoms with van der Waals surface area (Å²) in [4.78, 5) is 4.15. The van der Waals surface area contributed by atoms with Crippen LogP contribution in [0.15, 0.2) is 41.3 Å². The Hall–Kier alpha value is -1.85. The average molecular weight is 233 g/mol. The van der Waals surface area contributed by atoms with Crippen LogP contribution in [0.5, 0.6) is 5.88 Å². The van der Waals surface area contributed by atoms with Gasteiger partial charge in [0.25, 0.3) is 0 Å². The van der Waals surface area contributed by atoms with Crippen LogP contribution < -0.4 is 16.0 Å². The number of pyridine rings is 1. The van der Waals surface area contributed by atoms with Gasteiger partial charge < -0.3 is 9.15 Å². The maximum atomic E-state index is 5.58. The van der Waals surface area contributed by atoms with Crippen molar-refractivity contribution in [1.29, 1.82) is 0 Å². The number of nitrogens with two attached hydrogens (primary N) is 1. The van der Waals surface area contributed by atoms with Gasteiger partial charge in [-0.15, -0.1) is 0 Å². The standard InChI is InChI=1S/C12H15N3O2/c1-16-12-10(3-2-5-14-12)11(15-13)7-9-4-6-17-8-9/h2-6,8,11,15H,7,13H2,1H3. The molecule has 2 aromatic rings. The Morgan fingerprint density at radius 2 is 2.41 bits per heavy atom. The second-order valence-electron chi connectivity index (χ2n) is 3.66. The van der Waals surface area contributed by atoms with Crippen molar-refractivity contribution in [3.8, 4) is 5.88 Å². The summed E-state index contributed by atoms with van der Waals surface area (Å²) in [5.74, 6) is 6.16. The van der Waals surface area contributed by atoms with Gasteiger partial charge in [0.05, 0.1) is 25.7 Å². The molecule has 1 atom stereocenters. The van der Waals surface area contributed by atoms with Gasteiger partial charge in [-0.1, -0.05) is 6.07 Å². The van der Waals surface area contributed by atoms with Crippen molar-refractivity contribution in [2.24, 2.45) is 5.84 Å². The van der Waals surface area contributed by atoms with Crippen molar-refractivity contribution in [2.45, 2.75) is 12.5 Å². The molecule has 2 aromatic heterocycles. The number of nitrogens with zero attached hydrogens (tertiary/aromatic N) is 1. The Bertz CT molecular complexity index is 457. The third kappa shape index (κ3) is 2.64. The monoisotopic (exact) mass is 233 g/mol. The fraction of sp³-hybridized carbons (Fsp3) is 0.250. The van der Waals surface area contributed by atoms with Gasteiger partial charge in [0.1, 0.15) is 0 Å². The highest BCUT2D eigenvalue weighted by Gasteiger charge is 2.16. The summed E-state index contributed by atoms with van der Waals surface area (Å²) in [5.41, 5.74) is 4.77. The molecule has 0 saturated carbocycles. The molecule has 17 heavy (non-hydrogen) atoms. The molecule has 2 heterocycles. The molecule has 1 unspecified atom stereocenters. The maximum absolute atomic E-state index is 5.58. The van der Waals surface area contributed by atoms with Gasteiger partial charge in [0.2, 0.25) is 5.88 Å². The smallest absolute Gasteiger partial charge is 0.217 e. The van der Waals surface area contributed by atoms with Gasteiger partial charge in [-0.3, -0.25) is 11.3 Å². The normalized spacial score (nSPS) is 12.4. The molecule has 0 aliphatic carbocycles. The van der Waals surface area contributed by atoms with Crippen LogP contribution in [-0.4, -0.2) is 12.1 Å². The largest absolute Gasteiger partial charge is 0.481 e. The van der Waals surface area contributed by atoms with Gasteiger partial charge in [-0.05, 0) is 24.1 Å². The first kappa shape index (κ1) is 11.6. The molecule has 3 N–H and O–H groups in total. The quantitative estimate of drug-likeness (QED) is 0.603. The third-order valence-corrected chi connectivity index (χ3v) is 2.59. The summed E-state index contributed by atoms with van der Waals surface area (Å²) in [6.07, 6.45) is 5.75. The van der Waals surface area contributed by atoms with E-state index in [0.717, 1.165) is 17.5 Å². The predicted molar refractivity (Wildman–Crippen MR) is 63.3 cm³/mol. The average Bonchev–Trinajstić information content (AvgIpc) is 2.89. The topological polar surface area (TPSA) is 73.3 Å². The van der Waals surface area contributed by atoms with E-state index in [1.54, 1.807) is 25.8 Å². The molecule has 0 aliphatic heterocycles. The molecule has 0 saturated heterocycles.